The lowest BCUT2D eigenvalue weighted by atomic mass is 9.93. The van der Waals surface area contributed by atoms with Gasteiger partial charge in [0.2, 0.25) is 5.91 Å². The standard InChI is InChI=1S/C22H23N3O3/c1-15-5-3-4-6-19(15)16-7-9-17(10-8-16)20(26)25-14-18(24-28-2)13-22(25)11-12-23-21(22)27/h3-10H,11-14H2,1-2H3,(H,23,27)/b24-18-. The quantitative estimate of drug-likeness (QED) is 0.836. The van der Waals surface area contributed by atoms with Crippen LogP contribution in [0.2, 0.25) is 0 Å². The van der Waals surface area contributed by atoms with Crippen LogP contribution in [0.1, 0.15) is 28.8 Å². The van der Waals surface area contributed by atoms with Gasteiger partial charge in [-0.1, -0.05) is 41.6 Å². The number of likely N-dealkylation sites (tertiary alicyclic amines) is 1. The molecule has 0 aromatic heterocycles. The molecule has 28 heavy (non-hydrogen) atoms. The monoisotopic (exact) mass is 377 g/mol. The van der Waals surface area contributed by atoms with Crippen LogP contribution in [0.3, 0.4) is 0 Å². The molecule has 2 aliphatic heterocycles. The highest BCUT2D eigenvalue weighted by Gasteiger charge is 2.54. The molecule has 0 saturated carbocycles. The zero-order valence-corrected chi connectivity index (χ0v) is 16.1. The Balaban J connectivity index is 1.64. The summed E-state index contributed by atoms with van der Waals surface area (Å²) < 4.78 is 0. The largest absolute Gasteiger partial charge is 0.399 e. The highest BCUT2D eigenvalue weighted by atomic mass is 16.6. The lowest BCUT2D eigenvalue weighted by molar-refractivity contribution is -0.127. The number of hydrogen-bond donors (Lipinski definition) is 1. The van der Waals surface area contributed by atoms with Crippen molar-refractivity contribution in [2.24, 2.45) is 5.16 Å². The molecule has 0 bridgehead atoms. The second kappa shape index (κ2) is 7.11. The highest BCUT2D eigenvalue weighted by molar-refractivity contribution is 6.08. The first-order chi connectivity index (χ1) is 13.5. The van der Waals surface area contributed by atoms with Gasteiger partial charge in [-0.3, -0.25) is 9.59 Å². The second-order valence-corrected chi connectivity index (χ2v) is 7.34. The predicted molar refractivity (Wildman–Crippen MR) is 107 cm³/mol. The van der Waals surface area contributed by atoms with Crippen LogP contribution in [0.15, 0.2) is 53.7 Å². The van der Waals surface area contributed by atoms with E-state index in [1.165, 1.54) is 12.7 Å². The summed E-state index contributed by atoms with van der Waals surface area (Å²) >= 11 is 0. The Kier molecular flexibility index (Phi) is 4.63. The summed E-state index contributed by atoms with van der Waals surface area (Å²) in [6.45, 7) is 2.94. The van der Waals surface area contributed by atoms with E-state index in [1.807, 2.05) is 36.4 Å². The van der Waals surface area contributed by atoms with Gasteiger partial charge in [-0.25, -0.2) is 0 Å². The second-order valence-electron chi connectivity index (χ2n) is 7.34. The molecule has 2 aromatic carbocycles. The van der Waals surface area contributed by atoms with E-state index in [0.717, 1.165) is 11.1 Å². The number of hydrogen-bond acceptors (Lipinski definition) is 4. The van der Waals surface area contributed by atoms with Crippen molar-refractivity contribution in [3.05, 3.63) is 59.7 Å². The molecule has 1 unspecified atom stereocenters. The topological polar surface area (TPSA) is 71.0 Å². The Bertz CT molecular complexity index is 952. The molecule has 6 nitrogen and oxygen atoms in total. The summed E-state index contributed by atoms with van der Waals surface area (Å²) in [7, 11) is 1.48. The first kappa shape index (κ1) is 18.2. The van der Waals surface area contributed by atoms with Crippen molar-refractivity contribution >= 4 is 17.5 Å². The summed E-state index contributed by atoms with van der Waals surface area (Å²) in [5.74, 6) is -0.270. The van der Waals surface area contributed by atoms with E-state index in [1.54, 1.807) is 4.90 Å². The lowest BCUT2D eigenvalue weighted by Crippen LogP contribution is -2.52. The van der Waals surface area contributed by atoms with Crippen molar-refractivity contribution in [3.63, 3.8) is 0 Å². The van der Waals surface area contributed by atoms with Gasteiger partial charge < -0.3 is 15.1 Å². The van der Waals surface area contributed by atoms with Crippen LogP contribution < -0.4 is 5.32 Å². The average molecular weight is 377 g/mol. The highest BCUT2D eigenvalue weighted by Crippen LogP contribution is 2.36. The molecule has 6 heteroatoms. The number of oxime groups is 1. The van der Waals surface area contributed by atoms with Crippen LogP contribution >= 0.6 is 0 Å². The molecule has 2 saturated heterocycles. The minimum absolute atomic E-state index is 0.112. The van der Waals surface area contributed by atoms with Gasteiger partial charge in [0.15, 0.2) is 0 Å². The van der Waals surface area contributed by atoms with Crippen LogP contribution in [-0.2, 0) is 9.63 Å². The summed E-state index contributed by atoms with van der Waals surface area (Å²) in [5, 5.41) is 6.87. The minimum Gasteiger partial charge on any atom is -0.399 e. The van der Waals surface area contributed by atoms with Gasteiger partial charge in [0.1, 0.15) is 12.6 Å². The van der Waals surface area contributed by atoms with E-state index in [4.69, 9.17) is 4.84 Å². The number of aryl methyl sites for hydroxylation is 1. The molecule has 0 radical (unpaired) electrons. The van der Waals surface area contributed by atoms with Crippen LogP contribution in [0.5, 0.6) is 0 Å². The third-order valence-electron chi connectivity index (χ3n) is 5.65. The SMILES string of the molecule is CO/N=C1\CN(C(=O)c2ccc(-c3ccccc3C)cc2)C2(CCNC2=O)C1. The number of nitrogens with zero attached hydrogens (tertiary/aromatic N) is 2. The Morgan fingerprint density at radius 3 is 2.57 bits per heavy atom. The third-order valence-corrected chi connectivity index (χ3v) is 5.65. The van der Waals surface area contributed by atoms with Gasteiger partial charge in [-0.05, 0) is 42.2 Å². The number of carbonyl (C=O) groups is 2. The first-order valence-electron chi connectivity index (χ1n) is 9.40. The Morgan fingerprint density at radius 1 is 1.18 bits per heavy atom. The van der Waals surface area contributed by atoms with E-state index in [-0.39, 0.29) is 11.8 Å². The maximum atomic E-state index is 13.3. The summed E-state index contributed by atoms with van der Waals surface area (Å²) in [6, 6.07) is 15.7. The van der Waals surface area contributed by atoms with Gasteiger partial charge in [-0.2, -0.15) is 0 Å². The molecule has 1 N–H and O–H groups in total. The molecule has 4 rings (SSSR count). The van der Waals surface area contributed by atoms with Crippen molar-refractivity contribution in [1.29, 1.82) is 0 Å². The van der Waals surface area contributed by atoms with Crippen LogP contribution in [0.4, 0.5) is 0 Å². The smallest absolute Gasteiger partial charge is 0.255 e. The van der Waals surface area contributed by atoms with Crippen molar-refractivity contribution in [1.82, 2.24) is 10.2 Å². The van der Waals surface area contributed by atoms with Gasteiger partial charge in [0, 0.05) is 18.5 Å². The zero-order valence-electron chi connectivity index (χ0n) is 16.1. The first-order valence-corrected chi connectivity index (χ1v) is 9.40. The Labute approximate surface area is 164 Å². The molecule has 0 aliphatic carbocycles. The molecular formula is C22H23N3O3. The van der Waals surface area contributed by atoms with Crippen molar-refractivity contribution in [3.8, 4) is 11.1 Å². The summed E-state index contributed by atoms with van der Waals surface area (Å²) in [6.07, 6.45) is 1.00. The van der Waals surface area contributed by atoms with Gasteiger partial charge in [0.25, 0.3) is 5.91 Å². The summed E-state index contributed by atoms with van der Waals surface area (Å²) in [5.41, 5.74) is 3.81. The van der Waals surface area contributed by atoms with E-state index in [9.17, 15) is 9.59 Å². The van der Waals surface area contributed by atoms with Gasteiger partial charge in [0.05, 0.1) is 12.3 Å². The fourth-order valence-corrected chi connectivity index (χ4v) is 4.21. The number of amides is 2. The van der Waals surface area contributed by atoms with Crippen molar-refractivity contribution in [2.45, 2.75) is 25.3 Å². The Hall–Kier alpha value is -3.15. The predicted octanol–water partition coefficient (Wildman–Crippen LogP) is 2.77. The van der Waals surface area contributed by atoms with Crippen LogP contribution in [-0.4, -0.2) is 48.2 Å². The molecular weight excluding hydrogens is 354 g/mol. The number of benzene rings is 2. The molecule has 2 aliphatic rings. The minimum atomic E-state index is -0.858. The fourth-order valence-electron chi connectivity index (χ4n) is 4.21. The van der Waals surface area contributed by atoms with E-state index in [0.29, 0.717) is 37.2 Å². The molecule has 2 fully saturated rings. The van der Waals surface area contributed by atoms with E-state index in [2.05, 4.69) is 29.5 Å². The molecule has 1 atom stereocenters. The molecule has 2 heterocycles. The van der Waals surface area contributed by atoms with Crippen LogP contribution in [0.25, 0.3) is 11.1 Å². The van der Waals surface area contributed by atoms with Gasteiger partial charge in [-0.15, -0.1) is 0 Å². The normalized spacial score (nSPS) is 22.7. The Morgan fingerprint density at radius 2 is 1.93 bits per heavy atom. The van der Waals surface area contributed by atoms with E-state index < -0.39 is 5.54 Å². The fraction of sp³-hybridized carbons (Fsp3) is 0.318. The van der Waals surface area contributed by atoms with Crippen molar-refractivity contribution in [2.75, 3.05) is 20.2 Å². The molecule has 2 amide bonds. The van der Waals surface area contributed by atoms with E-state index >= 15 is 0 Å². The maximum Gasteiger partial charge on any atom is 0.255 e. The molecule has 144 valence electrons. The average Bonchev–Trinajstić information content (AvgIpc) is 3.26. The molecule has 1 spiro atoms. The number of nitrogens with one attached hydrogen (secondary N) is 1. The van der Waals surface area contributed by atoms with Crippen molar-refractivity contribution < 1.29 is 14.4 Å². The van der Waals surface area contributed by atoms with Crippen LogP contribution in [0, 0.1) is 6.92 Å². The zero-order chi connectivity index (χ0) is 19.7. The molecule has 2 aromatic rings. The maximum absolute atomic E-state index is 13.3. The number of rotatable bonds is 3. The van der Waals surface area contributed by atoms with Gasteiger partial charge >= 0.3 is 0 Å². The summed E-state index contributed by atoms with van der Waals surface area (Å²) in [4.78, 5) is 32.4. The third kappa shape index (κ3) is 2.95. The number of carbonyl (C=O) groups excluding carboxylic acids is 2. The lowest BCUT2D eigenvalue weighted by Gasteiger charge is -2.31.